The number of ether oxygens (including phenoxy) is 1. The Labute approximate surface area is 101 Å². The molecular weight excluding hydrogens is 226 g/mol. The van der Waals surface area contributed by atoms with Crippen LogP contribution in [0.2, 0.25) is 5.02 Å². The third kappa shape index (κ3) is 4.64. The Morgan fingerprint density at radius 3 is 2.88 bits per heavy atom. The average Bonchev–Trinajstić information content (AvgIpc) is 2.26. The SMILES string of the molecule is COC(=O)CCN(C)Cc1cccc(Cl)c1. The predicted molar refractivity (Wildman–Crippen MR) is 64.4 cm³/mol. The second kappa shape index (κ2) is 6.51. The summed E-state index contributed by atoms with van der Waals surface area (Å²) >= 11 is 5.89. The van der Waals surface area contributed by atoms with Crippen molar-refractivity contribution < 1.29 is 9.53 Å². The lowest BCUT2D eigenvalue weighted by Gasteiger charge is -2.15. The lowest BCUT2D eigenvalue weighted by atomic mass is 10.2. The number of carbonyl (C=O) groups excluding carboxylic acids is 1. The van der Waals surface area contributed by atoms with Gasteiger partial charge in [-0.3, -0.25) is 4.79 Å². The average molecular weight is 242 g/mol. The molecule has 0 bridgehead atoms. The van der Waals surface area contributed by atoms with E-state index in [4.69, 9.17) is 11.6 Å². The summed E-state index contributed by atoms with van der Waals surface area (Å²) in [6.45, 7) is 1.46. The van der Waals surface area contributed by atoms with E-state index in [1.165, 1.54) is 7.11 Å². The van der Waals surface area contributed by atoms with Crippen molar-refractivity contribution in [1.82, 2.24) is 4.90 Å². The molecule has 0 aromatic heterocycles. The van der Waals surface area contributed by atoms with Gasteiger partial charge in [-0.15, -0.1) is 0 Å². The van der Waals surface area contributed by atoms with Crippen LogP contribution in [-0.4, -0.2) is 31.6 Å². The zero-order chi connectivity index (χ0) is 12.0. The molecule has 88 valence electrons. The van der Waals surface area contributed by atoms with E-state index in [-0.39, 0.29) is 5.97 Å². The van der Waals surface area contributed by atoms with Gasteiger partial charge < -0.3 is 9.64 Å². The standard InChI is InChI=1S/C12H16ClNO2/c1-14(7-6-12(15)16-2)9-10-4-3-5-11(13)8-10/h3-5,8H,6-7,9H2,1-2H3. The second-order valence-corrected chi connectivity index (χ2v) is 4.13. The maximum absolute atomic E-state index is 11.0. The van der Waals surface area contributed by atoms with Crippen LogP contribution in [0.15, 0.2) is 24.3 Å². The highest BCUT2D eigenvalue weighted by Crippen LogP contribution is 2.12. The Hall–Kier alpha value is -1.06. The summed E-state index contributed by atoms with van der Waals surface area (Å²) in [5.74, 6) is -0.182. The normalized spacial score (nSPS) is 10.5. The van der Waals surface area contributed by atoms with Gasteiger partial charge in [0.2, 0.25) is 0 Å². The number of halogens is 1. The molecule has 0 saturated heterocycles. The Bertz CT molecular complexity index is 355. The van der Waals surface area contributed by atoms with Crippen molar-refractivity contribution in [3.8, 4) is 0 Å². The van der Waals surface area contributed by atoms with Crippen molar-refractivity contribution >= 4 is 17.6 Å². The van der Waals surface area contributed by atoms with E-state index < -0.39 is 0 Å². The molecule has 0 heterocycles. The number of carbonyl (C=O) groups is 1. The number of methoxy groups -OCH3 is 1. The van der Waals surface area contributed by atoms with Gasteiger partial charge in [0.05, 0.1) is 13.5 Å². The molecule has 0 spiro atoms. The molecule has 0 fully saturated rings. The number of rotatable bonds is 5. The zero-order valence-electron chi connectivity index (χ0n) is 9.57. The van der Waals surface area contributed by atoms with Crippen molar-refractivity contribution in [2.45, 2.75) is 13.0 Å². The van der Waals surface area contributed by atoms with Gasteiger partial charge in [-0.2, -0.15) is 0 Å². The van der Waals surface area contributed by atoms with E-state index in [1.54, 1.807) is 0 Å². The first kappa shape index (κ1) is 13.0. The Morgan fingerprint density at radius 1 is 1.50 bits per heavy atom. The fourth-order valence-electron chi connectivity index (χ4n) is 1.41. The molecule has 0 radical (unpaired) electrons. The van der Waals surface area contributed by atoms with Crippen LogP contribution in [0.1, 0.15) is 12.0 Å². The minimum absolute atomic E-state index is 0.182. The van der Waals surface area contributed by atoms with Gasteiger partial charge in [-0.05, 0) is 24.7 Å². The van der Waals surface area contributed by atoms with Crippen molar-refractivity contribution in [2.24, 2.45) is 0 Å². The van der Waals surface area contributed by atoms with Crippen LogP contribution in [0, 0.1) is 0 Å². The number of nitrogens with zero attached hydrogens (tertiary/aromatic N) is 1. The number of hydrogen-bond donors (Lipinski definition) is 0. The number of benzene rings is 1. The molecule has 3 nitrogen and oxygen atoms in total. The molecule has 4 heteroatoms. The molecule has 1 rings (SSSR count). The van der Waals surface area contributed by atoms with Crippen molar-refractivity contribution in [3.63, 3.8) is 0 Å². The highest BCUT2D eigenvalue weighted by atomic mass is 35.5. The topological polar surface area (TPSA) is 29.5 Å². The summed E-state index contributed by atoms with van der Waals surface area (Å²) in [7, 11) is 3.36. The Morgan fingerprint density at radius 2 is 2.25 bits per heavy atom. The molecule has 0 aliphatic carbocycles. The molecular formula is C12H16ClNO2. The van der Waals surface area contributed by atoms with Gasteiger partial charge in [-0.25, -0.2) is 0 Å². The molecule has 1 aromatic carbocycles. The molecule has 0 saturated carbocycles. The Balaban J connectivity index is 2.39. The van der Waals surface area contributed by atoms with E-state index in [0.29, 0.717) is 13.0 Å². The third-order valence-corrected chi connectivity index (χ3v) is 2.50. The first-order chi connectivity index (χ1) is 7.61. The van der Waals surface area contributed by atoms with Crippen LogP contribution < -0.4 is 0 Å². The molecule has 0 aliphatic rings. The van der Waals surface area contributed by atoms with Crippen LogP contribution in [0.25, 0.3) is 0 Å². The van der Waals surface area contributed by atoms with Crippen LogP contribution in [0.5, 0.6) is 0 Å². The summed E-state index contributed by atoms with van der Waals surface area (Å²) in [6.07, 6.45) is 0.410. The highest BCUT2D eigenvalue weighted by Gasteiger charge is 2.05. The van der Waals surface area contributed by atoms with E-state index >= 15 is 0 Å². The van der Waals surface area contributed by atoms with Gasteiger partial charge in [0.1, 0.15) is 0 Å². The van der Waals surface area contributed by atoms with Gasteiger partial charge >= 0.3 is 5.97 Å². The Kier molecular flexibility index (Phi) is 5.29. The monoisotopic (exact) mass is 241 g/mol. The van der Waals surface area contributed by atoms with E-state index in [2.05, 4.69) is 9.64 Å². The van der Waals surface area contributed by atoms with Crippen LogP contribution >= 0.6 is 11.6 Å². The largest absolute Gasteiger partial charge is 0.469 e. The van der Waals surface area contributed by atoms with E-state index in [0.717, 1.165) is 17.1 Å². The predicted octanol–water partition coefficient (Wildman–Crippen LogP) is 2.33. The van der Waals surface area contributed by atoms with Crippen molar-refractivity contribution in [2.75, 3.05) is 20.7 Å². The molecule has 0 amide bonds. The quantitative estimate of drug-likeness (QED) is 0.741. The van der Waals surface area contributed by atoms with Crippen molar-refractivity contribution in [3.05, 3.63) is 34.9 Å². The second-order valence-electron chi connectivity index (χ2n) is 3.69. The van der Waals surface area contributed by atoms with Crippen LogP contribution in [-0.2, 0) is 16.1 Å². The molecule has 0 atom stereocenters. The molecule has 16 heavy (non-hydrogen) atoms. The zero-order valence-corrected chi connectivity index (χ0v) is 10.3. The van der Waals surface area contributed by atoms with Crippen molar-refractivity contribution in [1.29, 1.82) is 0 Å². The number of esters is 1. The van der Waals surface area contributed by atoms with E-state index in [1.807, 2.05) is 31.3 Å². The van der Waals surface area contributed by atoms with Gasteiger partial charge in [0.15, 0.2) is 0 Å². The summed E-state index contributed by atoms with van der Waals surface area (Å²) < 4.78 is 4.58. The fourth-order valence-corrected chi connectivity index (χ4v) is 1.62. The first-order valence-corrected chi connectivity index (χ1v) is 5.49. The lowest BCUT2D eigenvalue weighted by molar-refractivity contribution is -0.140. The maximum Gasteiger partial charge on any atom is 0.306 e. The molecule has 0 N–H and O–H groups in total. The van der Waals surface area contributed by atoms with Crippen LogP contribution in [0.4, 0.5) is 0 Å². The minimum atomic E-state index is -0.182. The summed E-state index contributed by atoms with van der Waals surface area (Å²) in [5, 5.41) is 0.735. The molecule has 0 aliphatic heterocycles. The fraction of sp³-hybridized carbons (Fsp3) is 0.417. The molecule has 0 unspecified atom stereocenters. The first-order valence-electron chi connectivity index (χ1n) is 5.11. The van der Waals surface area contributed by atoms with E-state index in [9.17, 15) is 4.79 Å². The van der Waals surface area contributed by atoms with Gasteiger partial charge in [0.25, 0.3) is 0 Å². The third-order valence-electron chi connectivity index (χ3n) is 2.27. The smallest absolute Gasteiger partial charge is 0.306 e. The minimum Gasteiger partial charge on any atom is -0.469 e. The highest BCUT2D eigenvalue weighted by molar-refractivity contribution is 6.30. The summed E-state index contributed by atoms with van der Waals surface area (Å²) in [6, 6.07) is 7.71. The maximum atomic E-state index is 11.0. The summed E-state index contributed by atoms with van der Waals surface area (Å²) in [5.41, 5.74) is 1.14. The van der Waals surface area contributed by atoms with Gasteiger partial charge in [0, 0.05) is 18.1 Å². The van der Waals surface area contributed by atoms with Gasteiger partial charge in [-0.1, -0.05) is 23.7 Å². The number of hydrogen-bond acceptors (Lipinski definition) is 3. The lowest BCUT2D eigenvalue weighted by Crippen LogP contribution is -2.21. The molecule has 1 aromatic rings. The van der Waals surface area contributed by atoms with Crippen LogP contribution in [0.3, 0.4) is 0 Å². The summed E-state index contributed by atoms with van der Waals surface area (Å²) in [4.78, 5) is 13.0.